The Kier molecular flexibility index (Phi) is 4.65. The van der Waals surface area contributed by atoms with E-state index in [1.165, 1.54) is 19.3 Å². The number of hydrogen-bond acceptors (Lipinski definition) is 2. The molecule has 2 saturated heterocycles. The van der Waals surface area contributed by atoms with Crippen LogP contribution in [0.2, 0.25) is 0 Å². The van der Waals surface area contributed by atoms with E-state index >= 15 is 0 Å². The lowest BCUT2D eigenvalue weighted by Gasteiger charge is -2.36. The summed E-state index contributed by atoms with van der Waals surface area (Å²) in [5.41, 5.74) is 1.93. The molecule has 2 unspecified atom stereocenters. The van der Waals surface area contributed by atoms with Gasteiger partial charge in [0.1, 0.15) is 0 Å². The normalized spacial score (nSPS) is 26.1. The number of nitrogens with zero attached hydrogens (tertiary/aromatic N) is 1. The summed E-state index contributed by atoms with van der Waals surface area (Å²) in [6, 6.07) is 6.61. The Labute approximate surface area is 135 Å². The average molecular weight is 351 g/mol. The number of halogens is 1. The Morgan fingerprint density at radius 3 is 2.95 bits per heavy atom. The van der Waals surface area contributed by atoms with Gasteiger partial charge in [-0.15, -0.1) is 0 Å². The maximum Gasteiger partial charge on any atom is 0.255 e. The Balaban J connectivity index is 1.73. The second-order valence-electron chi connectivity index (χ2n) is 6.34. The molecule has 0 aliphatic carbocycles. The van der Waals surface area contributed by atoms with E-state index in [4.69, 9.17) is 0 Å². The van der Waals surface area contributed by atoms with Gasteiger partial charge in [0, 0.05) is 23.6 Å². The van der Waals surface area contributed by atoms with Crippen molar-refractivity contribution in [2.24, 2.45) is 5.92 Å². The Morgan fingerprint density at radius 1 is 1.33 bits per heavy atom. The van der Waals surface area contributed by atoms with Crippen LogP contribution in [-0.4, -0.2) is 36.5 Å². The smallest absolute Gasteiger partial charge is 0.255 e. The lowest BCUT2D eigenvalue weighted by Crippen LogP contribution is -2.46. The molecule has 1 N–H and O–H groups in total. The minimum atomic E-state index is 0.174. The van der Waals surface area contributed by atoms with Crippen molar-refractivity contribution in [2.75, 3.05) is 19.6 Å². The van der Waals surface area contributed by atoms with Crippen LogP contribution in [0.4, 0.5) is 0 Å². The highest BCUT2D eigenvalue weighted by Gasteiger charge is 2.31. The van der Waals surface area contributed by atoms with Crippen molar-refractivity contribution < 1.29 is 4.79 Å². The molecular weight excluding hydrogens is 328 g/mol. The van der Waals surface area contributed by atoms with E-state index in [0.717, 1.165) is 41.7 Å². The fourth-order valence-electron chi connectivity index (χ4n) is 3.61. The molecule has 2 fully saturated rings. The van der Waals surface area contributed by atoms with Gasteiger partial charge in [0.05, 0.1) is 5.56 Å². The van der Waals surface area contributed by atoms with Crippen LogP contribution >= 0.6 is 15.9 Å². The van der Waals surface area contributed by atoms with Gasteiger partial charge in [-0.3, -0.25) is 4.79 Å². The van der Waals surface area contributed by atoms with Gasteiger partial charge in [-0.2, -0.15) is 0 Å². The van der Waals surface area contributed by atoms with E-state index in [-0.39, 0.29) is 5.91 Å². The molecule has 2 atom stereocenters. The van der Waals surface area contributed by atoms with Crippen LogP contribution in [0.15, 0.2) is 22.7 Å². The second-order valence-corrected chi connectivity index (χ2v) is 7.19. The molecule has 0 aromatic heterocycles. The second kappa shape index (κ2) is 6.49. The Bertz CT molecular complexity index is 526. The summed E-state index contributed by atoms with van der Waals surface area (Å²) in [6.45, 7) is 4.96. The van der Waals surface area contributed by atoms with Crippen LogP contribution in [0.3, 0.4) is 0 Å². The highest BCUT2D eigenvalue weighted by Crippen LogP contribution is 2.27. The molecule has 21 heavy (non-hydrogen) atoms. The fourth-order valence-corrected chi connectivity index (χ4v) is 4.03. The summed E-state index contributed by atoms with van der Waals surface area (Å²) < 4.78 is 0.902. The molecule has 2 aliphatic rings. The van der Waals surface area contributed by atoms with E-state index in [9.17, 15) is 4.79 Å². The molecule has 3 rings (SSSR count). The van der Waals surface area contributed by atoms with Crippen molar-refractivity contribution >= 4 is 21.8 Å². The van der Waals surface area contributed by atoms with Crippen LogP contribution in [0.1, 0.15) is 41.6 Å². The van der Waals surface area contributed by atoms with Crippen molar-refractivity contribution in [3.05, 3.63) is 33.8 Å². The summed E-state index contributed by atoms with van der Waals surface area (Å²) >= 11 is 3.52. The first kappa shape index (κ1) is 15.0. The predicted molar refractivity (Wildman–Crippen MR) is 88.5 cm³/mol. The fraction of sp³-hybridized carbons (Fsp3) is 0.588. The van der Waals surface area contributed by atoms with E-state index in [0.29, 0.717) is 12.0 Å². The quantitative estimate of drug-likeness (QED) is 0.886. The van der Waals surface area contributed by atoms with Gasteiger partial charge in [-0.05, 0) is 73.1 Å². The largest absolute Gasteiger partial charge is 0.338 e. The third-order valence-corrected chi connectivity index (χ3v) is 5.46. The number of aryl methyl sites for hydroxylation is 1. The van der Waals surface area contributed by atoms with Gasteiger partial charge in [-0.25, -0.2) is 0 Å². The van der Waals surface area contributed by atoms with E-state index in [2.05, 4.69) is 21.2 Å². The number of rotatable bonds is 2. The zero-order valence-corrected chi connectivity index (χ0v) is 14.2. The Morgan fingerprint density at radius 2 is 2.19 bits per heavy atom. The van der Waals surface area contributed by atoms with Gasteiger partial charge in [0.2, 0.25) is 0 Å². The van der Waals surface area contributed by atoms with E-state index in [1.54, 1.807) is 0 Å². The van der Waals surface area contributed by atoms with Crippen LogP contribution in [0.5, 0.6) is 0 Å². The molecule has 3 nitrogen and oxygen atoms in total. The molecule has 0 saturated carbocycles. The molecule has 4 heteroatoms. The number of nitrogens with one attached hydrogen (secondary N) is 1. The lowest BCUT2D eigenvalue weighted by molar-refractivity contribution is 0.0650. The Hall–Kier alpha value is -0.870. The van der Waals surface area contributed by atoms with Crippen molar-refractivity contribution in [1.82, 2.24) is 10.2 Å². The first-order valence-electron chi connectivity index (χ1n) is 7.94. The number of hydrogen-bond donors (Lipinski definition) is 1. The predicted octanol–water partition coefficient (Wildman–Crippen LogP) is 3.36. The molecule has 0 radical (unpaired) electrons. The zero-order valence-electron chi connectivity index (χ0n) is 12.6. The number of likely N-dealkylation sites (tertiary alicyclic amines) is 1. The summed E-state index contributed by atoms with van der Waals surface area (Å²) in [6.07, 6.45) is 4.91. The van der Waals surface area contributed by atoms with Gasteiger partial charge < -0.3 is 10.2 Å². The minimum Gasteiger partial charge on any atom is -0.338 e. The summed E-state index contributed by atoms with van der Waals surface area (Å²) in [5.74, 6) is 0.794. The monoisotopic (exact) mass is 350 g/mol. The minimum absolute atomic E-state index is 0.174. The summed E-state index contributed by atoms with van der Waals surface area (Å²) in [7, 11) is 0. The molecular formula is C17H23BrN2O. The third-order valence-electron chi connectivity index (χ3n) is 4.76. The van der Waals surface area contributed by atoms with E-state index < -0.39 is 0 Å². The molecule has 2 heterocycles. The summed E-state index contributed by atoms with van der Waals surface area (Å²) in [5, 5.41) is 3.60. The molecule has 1 aromatic rings. The third kappa shape index (κ3) is 3.32. The lowest BCUT2D eigenvalue weighted by atomic mass is 9.89. The summed E-state index contributed by atoms with van der Waals surface area (Å²) in [4.78, 5) is 14.9. The van der Waals surface area contributed by atoms with E-state index in [1.807, 2.05) is 30.0 Å². The topological polar surface area (TPSA) is 32.3 Å². The van der Waals surface area contributed by atoms with Gasteiger partial charge in [0.25, 0.3) is 5.91 Å². The number of carbonyl (C=O) groups is 1. The SMILES string of the molecule is Cc1ccc(Br)c(C(=O)N2CCCC(C3CCCN3)C2)c1. The van der Waals surface area contributed by atoms with Crippen molar-refractivity contribution in [2.45, 2.75) is 38.6 Å². The zero-order chi connectivity index (χ0) is 14.8. The van der Waals surface area contributed by atoms with Crippen LogP contribution in [0.25, 0.3) is 0 Å². The highest BCUT2D eigenvalue weighted by atomic mass is 79.9. The standard InChI is InChI=1S/C17H23BrN2O/c1-12-6-7-15(18)14(10-12)17(21)20-9-3-4-13(11-20)16-5-2-8-19-16/h6-7,10,13,16,19H,2-5,8-9,11H2,1H3. The molecule has 1 aromatic carbocycles. The first-order chi connectivity index (χ1) is 10.1. The van der Waals surface area contributed by atoms with Gasteiger partial charge in [-0.1, -0.05) is 11.6 Å². The number of benzene rings is 1. The van der Waals surface area contributed by atoms with Crippen LogP contribution in [0, 0.1) is 12.8 Å². The number of piperidine rings is 1. The maximum absolute atomic E-state index is 12.8. The molecule has 0 bridgehead atoms. The molecule has 2 aliphatic heterocycles. The first-order valence-corrected chi connectivity index (χ1v) is 8.73. The van der Waals surface area contributed by atoms with Crippen molar-refractivity contribution in [3.63, 3.8) is 0 Å². The van der Waals surface area contributed by atoms with Crippen LogP contribution in [-0.2, 0) is 0 Å². The number of amides is 1. The van der Waals surface area contributed by atoms with Crippen molar-refractivity contribution in [3.8, 4) is 0 Å². The molecule has 0 spiro atoms. The maximum atomic E-state index is 12.8. The number of carbonyl (C=O) groups excluding carboxylic acids is 1. The average Bonchev–Trinajstić information content (AvgIpc) is 3.03. The van der Waals surface area contributed by atoms with Gasteiger partial charge >= 0.3 is 0 Å². The van der Waals surface area contributed by atoms with Crippen molar-refractivity contribution in [1.29, 1.82) is 0 Å². The molecule has 114 valence electrons. The highest BCUT2D eigenvalue weighted by molar-refractivity contribution is 9.10. The molecule has 1 amide bonds. The van der Waals surface area contributed by atoms with Crippen LogP contribution < -0.4 is 5.32 Å². The van der Waals surface area contributed by atoms with Gasteiger partial charge in [0.15, 0.2) is 0 Å².